The quantitative estimate of drug-likeness (QED) is 0.811. The smallest absolute Gasteiger partial charge is 0.226 e. The van der Waals surface area contributed by atoms with Crippen LogP contribution in [0.25, 0.3) is 0 Å². The van der Waals surface area contributed by atoms with Crippen LogP contribution in [0.5, 0.6) is 0 Å². The first-order valence-electron chi connectivity index (χ1n) is 9.04. The summed E-state index contributed by atoms with van der Waals surface area (Å²) in [5.74, 6) is 0.289. The van der Waals surface area contributed by atoms with Gasteiger partial charge in [0.25, 0.3) is 0 Å². The highest BCUT2D eigenvalue weighted by Crippen LogP contribution is 2.26. The van der Waals surface area contributed by atoms with E-state index in [0.29, 0.717) is 19.5 Å². The van der Waals surface area contributed by atoms with Crippen molar-refractivity contribution in [1.29, 1.82) is 0 Å². The molecular formula is C20H25N3O2S. The molecule has 5 nitrogen and oxygen atoms in total. The Balaban J connectivity index is 1.51. The van der Waals surface area contributed by atoms with Crippen LogP contribution in [0.3, 0.4) is 0 Å². The molecule has 2 heterocycles. The maximum atomic E-state index is 12.8. The summed E-state index contributed by atoms with van der Waals surface area (Å²) in [5, 5.41) is 2.89. The van der Waals surface area contributed by atoms with Crippen molar-refractivity contribution >= 4 is 23.2 Å². The number of hydrogen-bond donors (Lipinski definition) is 0. The highest BCUT2D eigenvalue weighted by Gasteiger charge is 2.31. The van der Waals surface area contributed by atoms with E-state index in [4.69, 9.17) is 0 Å². The highest BCUT2D eigenvalue weighted by molar-refractivity contribution is 7.09. The number of likely N-dealkylation sites (tertiary alicyclic amines) is 1. The Bertz CT molecular complexity index is 725. The molecule has 26 heavy (non-hydrogen) atoms. The number of carbonyl (C=O) groups excluding carboxylic acids is 2. The molecule has 0 saturated carbocycles. The number of rotatable bonds is 5. The molecule has 0 N–H and O–H groups in total. The summed E-state index contributed by atoms with van der Waals surface area (Å²) in [7, 11) is 1.85. The average molecular weight is 372 g/mol. The molecule has 2 aromatic rings. The van der Waals surface area contributed by atoms with Gasteiger partial charge in [0.05, 0.1) is 12.5 Å². The van der Waals surface area contributed by atoms with E-state index in [1.54, 1.807) is 22.4 Å². The molecule has 2 amide bonds. The lowest BCUT2D eigenvalue weighted by Gasteiger charge is -2.34. The number of nitrogens with zero attached hydrogens (tertiary/aromatic N) is 3. The van der Waals surface area contributed by atoms with Crippen LogP contribution in [0.1, 0.15) is 36.4 Å². The van der Waals surface area contributed by atoms with Crippen molar-refractivity contribution in [2.75, 3.05) is 20.1 Å². The molecule has 1 aliphatic heterocycles. The first-order chi connectivity index (χ1) is 12.6. The van der Waals surface area contributed by atoms with Crippen LogP contribution in [0.15, 0.2) is 41.9 Å². The monoisotopic (exact) mass is 371 g/mol. The van der Waals surface area contributed by atoms with Crippen molar-refractivity contribution in [2.24, 2.45) is 5.92 Å². The van der Waals surface area contributed by atoms with E-state index in [2.05, 4.69) is 4.98 Å². The summed E-state index contributed by atoms with van der Waals surface area (Å²) in [5.41, 5.74) is 1.03. The minimum absolute atomic E-state index is 0.0109. The second-order valence-electron chi connectivity index (χ2n) is 6.81. The predicted molar refractivity (Wildman–Crippen MR) is 103 cm³/mol. The Hall–Kier alpha value is -2.21. The number of thiazole rings is 1. The summed E-state index contributed by atoms with van der Waals surface area (Å²) in [6.45, 7) is 3.32. The number of amides is 2. The van der Waals surface area contributed by atoms with E-state index in [1.165, 1.54) is 0 Å². The Morgan fingerprint density at radius 2 is 1.96 bits per heavy atom. The Labute approximate surface area is 158 Å². The Kier molecular flexibility index (Phi) is 6.04. The van der Waals surface area contributed by atoms with Crippen molar-refractivity contribution in [2.45, 2.75) is 32.2 Å². The van der Waals surface area contributed by atoms with Crippen LogP contribution in [0.4, 0.5) is 0 Å². The predicted octanol–water partition coefficient (Wildman–Crippen LogP) is 3.14. The van der Waals surface area contributed by atoms with Crippen molar-refractivity contribution < 1.29 is 9.59 Å². The first kappa shape index (κ1) is 18.6. The van der Waals surface area contributed by atoms with Gasteiger partial charge in [0.2, 0.25) is 11.8 Å². The summed E-state index contributed by atoms with van der Waals surface area (Å²) in [6, 6.07) is 9.79. The van der Waals surface area contributed by atoms with E-state index in [9.17, 15) is 9.59 Å². The second kappa shape index (κ2) is 8.45. The molecule has 0 aliphatic carbocycles. The van der Waals surface area contributed by atoms with Crippen molar-refractivity contribution in [3.8, 4) is 0 Å². The molecule has 0 unspecified atom stereocenters. The van der Waals surface area contributed by atoms with Gasteiger partial charge in [-0.3, -0.25) is 9.59 Å². The van der Waals surface area contributed by atoms with Gasteiger partial charge in [-0.2, -0.15) is 0 Å². The SMILES string of the molecule is C[C@@H](c1nccs1)N(C)C(=O)C1CCN(C(=O)Cc2ccccc2)CC1. The fourth-order valence-corrected chi connectivity index (χ4v) is 4.08. The third kappa shape index (κ3) is 4.30. The fourth-order valence-electron chi connectivity index (χ4n) is 3.34. The number of hydrogen-bond acceptors (Lipinski definition) is 4. The van der Waals surface area contributed by atoms with Gasteiger partial charge < -0.3 is 9.80 Å². The molecule has 0 spiro atoms. The lowest BCUT2D eigenvalue weighted by molar-refractivity contribution is -0.141. The lowest BCUT2D eigenvalue weighted by atomic mass is 9.94. The van der Waals surface area contributed by atoms with Crippen molar-refractivity contribution in [3.63, 3.8) is 0 Å². The van der Waals surface area contributed by atoms with Crippen LogP contribution in [-0.4, -0.2) is 46.7 Å². The Morgan fingerprint density at radius 1 is 1.27 bits per heavy atom. The molecular weight excluding hydrogens is 346 g/mol. The van der Waals surface area contributed by atoms with Gasteiger partial charge in [-0.1, -0.05) is 30.3 Å². The second-order valence-corrected chi connectivity index (χ2v) is 7.74. The fraction of sp³-hybridized carbons (Fsp3) is 0.450. The largest absolute Gasteiger partial charge is 0.342 e. The molecule has 1 aliphatic rings. The minimum atomic E-state index is -0.0137. The zero-order valence-corrected chi connectivity index (χ0v) is 16.1. The number of aromatic nitrogens is 1. The summed E-state index contributed by atoms with van der Waals surface area (Å²) in [6.07, 6.45) is 3.66. The molecule has 0 bridgehead atoms. The zero-order valence-electron chi connectivity index (χ0n) is 15.3. The minimum Gasteiger partial charge on any atom is -0.342 e. The van der Waals surface area contributed by atoms with E-state index in [1.807, 2.05) is 54.6 Å². The molecule has 6 heteroatoms. The normalized spacial score (nSPS) is 16.3. The van der Waals surface area contributed by atoms with Gasteiger partial charge in [-0.05, 0) is 25.3 Å². The molecule has 1 aromatic carbocycles. The van der Waals surface area contributed by atoms with E-state index < -0.39 is 0 Å². The van der Waals surface area contributed by atoms with Crippen LogP contribution < -0.4 is 0 Å². The van der Waals surface area contributed by atoms with Gasteiger partial charge in [-0.15, -0.1) is 11.3 Å². The van der Waals surface area contributed by atoms with Crippen LogP contribution in [0.2, 0.25) is 0 Å². The molecule has 1 fully saturated rings. The number of carbonyl (C=O) groups is 2. The third-order valence-electron chi connectivity index (χ3n) is 5.13. The lowest BCUT2D eigenvalue weighted by Crippen LogP contribution is -2.44. The molecule has 0 radical (unpaired) electrons. The van der Waals surface area contributed by atoms with E-state index in [0.717, 1.165) is 23.4 Å². The molecule has 3 rings (SSSR count). The van der Waals surface area contributed by atoms with Crippen LogP contribution in [-0.2, 0) is 16.0 Å². The third-order valence-corrected chi connectivity index (χ3v) is 6.08. The highest BCUT2D eigenvalue weighted by atomic mass is 32.1. The van der Waals surface area contributed by atoms with Crippen molar-refractivity contribution in [1.82, 2.24) is 14.8 Å². The average Bonchev–Trinajstić information content (AvgIpc) is 3.22. The zero-order chi connectivity index (χ0) is 18.5. The molecule has 1 saturated heterocycles. The van der Waals surface area contributed by atoms with Gasteiger partial charge in [0.1, 0.15) is 5.01 Å². The molecule has 1 atom stereocenters. The summed E-state index contributed by atoms with van der Waals surface area (Å²) >= 11 is 1.57. The van der Waals surface area contributed by atoms with Crippen LogP contribution >= 0.6 is 11.3 Å². The van der Waals surface area contributed by atoms with Crippen molar-refractivity contribution in [3.05, 3.63) is 52.5 Å². The van der Waals surface area contributed by atoms with Gasteiger partial charge >= 0.3 is 0 Å². The maximum absolute atomic E-state index is 12.8. The van der Waals surface area contributed by atoms with E-state index >= 15 is 0 Å². The van der Waals surface area contributed by atoms with Gasteiger partial charge in [0.15, 0.2) is 0 Å². The standard InChI is InChI=1S/C20H25N3O2S/c1-15(19-21-10-13-26-19)22(2)20(25)17-8-11-23(12-9-17)18(24)14-16-6-4-3-5-7-16/h3-7,10,13,15,17H,8-9,11-12,14H2,1-2H3/t15-/m0/s1. The molecule has 1 aromatic heterocycles. The van der Waals surface area contributed by atoms with Crippen LogP contribution in [0, 0.1) is 5.92 Å². The maximum Gasteiger partial charge on any atom is 0.226 e. The summed E-state index contributed by atoms with van der Waals surface area (Å²) < 4.78 is 0. The topological polar surface area (TPSA) is 53.5 Å². The van der Waals surface area contributed by atoms with Gasteiger partial charge in [0, 0.05) is 37.6 Å². The summed E-state index contributed by atoms with van der Waals surface area (Å²) in [4.78, 5) is 33.3. The Morgan fingerprint density at radius 3 is 2.58 bits per heavy atom. The molecule has 138 valence electrons. The first-order valence-corrected chi connectivity index (χ1v) is 9.92. The number of piperidine rings is 1. The van der Waals surface area contributed by atoms with Gasteiger partial charge in [-0.25, -0.2) is 4.98 Å². The number of benzene rings is 1. The van der Waals surface area contributed by atoms with E-state index in [-0.39, 0.29) is 23.8 Å².